The standard InChI is InChI=1S/C10H16N2O8.C7H5NS/c13-7(14)3-11(4-8(15)16)1-2-12(5-9(17)18)6-10(19)20;9-6-8-7-4-2-1-3-5-7/h1-6H2,(H,13,14)(H,15,16)(H,17,18)(H,19,20);1-5H. The first-order chi connectivity index (χ1) is 13.6. The Morgan fingerprint density at radius 3 is 1.38 bits per heavy atom. The van der Waals surface area contributed by atoms with Crippen molar-refractivity contribution in [2.45, 2.75) is 0 Å². The van der Waals surface area contributed by atoms with Gasteiger partial charge in [0, 0.05) is 13.1 Å². The Morgan fingerprint density at radius 1 is 0.759 bits per heavy atom. The molecule has 158 valence electrons. The van der Waals surface area contributed by atoms with Crippen LogP contribution in [0.1, 0.15) is 0 Å². The number of thiocarbonyl (C=S) groups is 1. The smallest absolute Gasteiger partial charge is 0.317 e. The molecule has 1 aromatic rings. The van der Waals surface area contributed by atoms with E-state index in [1.165, 1.54) is 0 Å². The number of carboxylic acids is 4. The van der Waals surface area contributed by atoms with Gasteiger partial charge in [-0.15, -0.1) is 0 Å². The number of rotatable bonds is 12. The number of benzene rings is 1. The highest BCUT2D eigenvalue weighted by Gasteiger charge is 2.17. The van der Waals surface area contributed by atoms with Crippen molar-refractivity contribution in [3.8, 4) is 0 Å². The molecule has 1 rings (SSSR count). The summed E-state index contributed by atoms with van der Waals surface area (Å²) >= 11 is 4.42. The molecule has 4 N–H and O–H groups in total. The zero-order valence-corrected chi connectivity index (χ0v) is 16.1. The Labute approximate surface area is 171 Å². The molecular weight excluding hydrogens is 406 g/mol. The minimum absolute atomic E-state index is 0.0703. The second kappa shape index (κ2) is 14.8. The zero-order valence-electron chi connectivity index (χ0n) is 15.3. The number of hydrogen-bond donors (Lipinski definition) is 4. The second-order valence-corrected chi connectivity index (χ2v) is 5.72. The lowest BCUT2D eigenvalue weighted by atomic mass is 10.3. The van der Waals surface area contributed by atoms with Crippen LogP contribution in [0.25, 0.3) is 0 Å². The number of nitrogens with zero attached hydrogens (tertiary/aromatic N) is 3. The molecule has 0 saturated heterocycles. The van der Waals surface area contributed by atoms with Gasteiger partial charge in [0.25, 0.3) is 0 Å². The number of aliphatic imine (C=N–C) groups is 1. The van der Waals surface area contributed by atoms with Crippen LogP contribution in [0.5, 0.6) is 0 Å². The predicted octanol–water partition coefficient (Wildman–Crippen LogP) is 0.350. The van der Waals surface area contributed by atoms with Crippen molar-refractivity contribution in [2.24, 2.45) is 4.99 Å². The van der Waals surface area contributed by atoms with Gasteiger partial charge < -0.3 is 20.4 Å². The average molecular weight is 427 g/mol. The van der Waals surface area contributed by atoms with E-state index in [2.05, 4.69) is 22.4 Å². The zero-order chi connectivity index (χ0) is 22.2. The van der Waals surface area contributed by atoms with Crippen molar-refractivity contribution in [1.82, 2.24) is 9.80 Å². The SMILES string of the molecule is O=C(O)CN(CCN(CC(=O)O)CC(=O)O)CC(=O)O.S=C=Nc1ccccc1. The molecule has 0 aliphatic carbocycles. The maximum atomic E-state index is 10.6. The van der Waals surface area contributed by atoms with Crippen LogP contribution < -0.4 is 0 Å². The van der Waals surface area contributed by atoms with Crippen LogP contribution in [-0.2, 0) is 19.2 Å². The van der Waals surface area contributed by atoms with Crippen LogP contribution >= 0.6 is 12.2 Å². The van der Waals surface area contributed by atoms with E-state index in [1.54, 1.807) is 0 Å². The van der Waals surface area contributed by atoms with Gasteiger partial charge in [-0.1, -0.05) is 18.2 Å². The van der Waals surface area contributed by atoms with E-state index in [-0.39, 0.29) is 13.1 Å². The first-order valence-electron chi connectivity index (χ1n) is 8.08. The predicted molar refractivity (Wildman–Crippen MR) is 105 cm³/mol. The fourth-order valence-electron chi connectivity index (χ4n) is 2.03. The van der Waals surface area contributed by atoms with E-state index in [1.807, 2.05) is 30.3 Å². The summed E-state index contributed by atoms with van der Waals surface area (Å²) < 4.78 is 0. The highest BCUT2D eigenvalue weighted by molar-refractivity contribution is 7.78. The summed E-state index contributed by atoms with van der Waals surface area (Å²) in [5, 5.41) is 36.8. The number of para-hydroxylation sites is 1. The van der Waals surface area contributed by atoms with Crippen LogP contribution in [0.2, 0.25) is 0 Å². The minimum Gasteiger partial charge on any atom is -0.480 e. The van der Waals surface area contributed by atoms with Gasteiger partial charge in [-0.2, -0.15) is 4.99 Å². The minimum atomic E-state index is -1.23. The fraction of sp³-hybridized carbons (Fsp3) is 0.353. The van der Waals surface area contributed by atoms with Gasteiger partial charge in [-0.3, -0.25) is 29.0 Å². The van der Waals surface area contributed by atoms with Crippen molar-refractivity contribution in [1.29, 1.82) is 0 Å². The number of carbonyl (C=O) groups is 4. The van der Waals surface area contributed by atoms with Gasteiger partial charge in [0.2, 0.25) is 0 Å². The third-order valence-corrected chi connectivity index (χ3v) is 3.19. The average Bonchev–Trinajstić information content (AvgIpc) is 2.59. The van der Waals surface area contributed by atoms with Gasteiger partial charge in [0.15, 0.2) is 0 Å². The topological polar surface area (TPSA) is 168 Å². The van der Waals surface area contributed by atoms with Crippen LogP contribution in [0.4, 0.5) is 5.69 Å². The molecule has 0 spiro atoms. The Morgan fingerprint density at radius 2 is 1.10 bits per heavy atom. The van der Waals surface area contributed by atoms with E-state index in [4.69, 9.17) is 20.4 Å². The van der Waals surface area contributed by atoms with Gasteiger partial charge in [0.05, 0.1) is 37.0 Å². The fourth-order valence-corrected chi connectivity index (χ4v) is 2.14. The molecule has 0 atom stereocenters. The summed E-state index contributed by atoms with van der Waals surface area (Å²) in [5.41, 5.74) is 0.854. The summed E-state index contributed by atoms with van der Waals surface area (Å²) in [6.07, 6.45) is 0. The molecular formula is C17H21N3O8S. The van der Waals surface area contributed by atoms with Crippen molar-refractivity contribution in [3.05, 3.63) is 30.3 Å². The van der Waals surface area contributed by atoms with Crippen LogP contribution in [0, 0.1) is 0 Å². The van der Waals surface area contributed by atoms with Crippen LogP contribution in [0.3, 0.4) is 0 Å². The Bertz CT molecular complexity index is 669. The molecule has 1 aromatic carbocycles. The Hall–Kier alpha value is -3.18. The Balaban J connectivity index is 0.000000717. The molecule has 0 bridgehead atoms. The van der Waals surface area contributed by atoms with Gasteiger partial charge in [-0.25, -0.2) is 0 Å². The first kappa shape index (κ1) is 25.8. The van der Waals surface area contributed by atoms with Crippen LogP contribution in [0.15, 0.2) is 35.3 Å². The number of hydrogen-bond acceptors (Lipinski definition) is 8. The van der Waals surface area contributed by atoms with Gasteiger partial charge in [0.1, 0.15) is 0 Å². The summed E-state index contributed by atoms with van der Waals surface area (Å²) in [6.45, 7) is -2.25. The normalized spacial score (nSPS) is 9.86. The molecule has 0 aromatic heterocycles. The van der Waals surface area contributed by atoms with E-state index in [0.29, 0.717) is 0 Å². The third kappa shape index (κ3) is 15.6. The Kier molecular flexibility index (Phi) is 13.2. The largest absolute Gasteiger partial charge is 0.480 e. The molecule has 0 saturated carbocycles. The molecule has 29 heavy (non-hydrogen) atoms. The third-order valence-electron chi connectivity index (χ3n) is 3.10. The molecule has 0 aliphatic rings. The maximum Gasteiger partial charge on any atom is 0.317 e. The lowest BCUT2D eigenvalue weighted by molar-refractivity contribution is -0.145. The van der Waals surface area contributed by atoms with Crippen LogP contribution in [-0.4, -0.2) is 98.5 Å². The van der Waals surface area contributed by atoms with E-state index in [0.717, 1.165) is 15.5 Å². The lowest BCUT2D eigenvalue weighted by Crippen LogP contribution is -2.43. The van der Waals surface area contributed by atoms with Crippen molar-refractivity contribution in [2.75, 3.05) is 39.3 Å². The van der Waals surface area contributed by atoms with E-state index < -0.39 is 50.1 Å². The summed E-state index contributed by atoms with van der Waals surface area (Å²) in [7, 11) is 0. The maximum absolute atomic E-state index is 10.6. The number of aliphatic carboxylic acids is 4. The quantitative estimate of drug-likeness (QED) is 0.268. The van der Waals surface area contributed by atoms with Crippen molar-refractivity contribution in [3.63, 3.8) is 0 Å². The first-order valence-corrected chi connectivity index (χ1v) is 8.49. The highest BCUT2D eigenvalue weighted by atomic mass is 32.1. The highest BCUT2D eigenvalue weighted by Crippen LogP contribution is 2.07. The number of carboxylic acid groups (broad SMARTS) is 4. The molecule has 0 heterocycles. The molecule has 0 amide bonds. The summed E-state index contributed by atoms with van der Waals surface area (Å²) in [6, 6.07) is 9.50. The molecule has 11 nitrogen and oxygen atoms in total. The summed E-state index contributed by atoms with van der Waals surface area (Å²) in [5.74, 6) is -4.91. The van der Waals surface area contributed by atoms with E-state index in [9.17, 15) is 19.2 Å². The monoisotopic (exact) mass is 427 g/mol. The lowest BCUT2D eigenvalue weighted by Gasteiger charge is -2.23. The molecule has 0 radical (unpaired) electrons. The molecule has 12 heteroatoms. The van der Waals surface area contributed by atoms with Crippen molar-refractivity contribution >= 4 is 46.9 Å². The molecule has 0 aliphatic heterocycles. The number of isothiocyanates is 1. The van der Waals surface area contributed by atoms with Gasteiger partial charge >= 0.3 is 23.9 Å². The van der Waals surface area contributed by atoms with Crippen molar-refractivity contribution < 1.29 is 39.6 Å². The molecule has 0 fully saturated rings. The second-order valence-electron chi connectivity index (χ2n) is 5.53. The van der Waals surface area contributed by atoms with Gasteiger partial charge in [-0.05, 0) is 24.4 Å². The molecule has 0 unspecified atom stereocenters. The van der Waals surface area contributed by atoms with E-state index >= 15 is 0 Å². The summed E-state index contributed by atoms with van der Waals surface area (Å²) in [4.78, 5) is 48.1.